The van der Waals surface area contributed by atoms with E-state index in [2.05, 4.69) is 16.4 Å². The number of rotatable bonds is 5. The lowest BCUT2D eigenvalue weighted by molar-refractivity contribution is -0.383. The molecule has 1 aromatic heterocycles. The van der Waals surface area contributed by atoms with Gasteiger partial charge in [-0.25, -0.2) is 4.98 Å². The standard InChI is InChI=1S/C18H18N6O3/c19-12-14-4-3-7-20-18(14)23-10-8-22(9-11-23)13-17(25)21-15-5-1-2-6-16(15)24(26)27/h1-7H,8-11,13H2,(H,21,25). The number of nitriles is 1. The molecule has 0 aliphatic carbocycles. The van der Waals surface area contributed by atoms with Gasteiger partial charge in [0.15, 0.2) is 0 Å². The number of amides is 1. The van der Waals surface area contributed by atoms with Crippen molar-refractivity contribution < 1.29 is 9.72 Å². The van der Waals surface area contributed by atoms with Crippen molar-refractivity contribution in [2.45, 2.75) is 0 Å². The number of hydrogen-bond donors (Lipinski definition) is 1. The number of piperazine rings is 1. The highest BCUT2D eigenvalue weighted by molar-refractivity contribution is 5.94. The molecule has 138 valence electrons. The second-order valence-electron chi connectivity index (χ2n) is 6.07. The van der Waals surface area contributed by atoms with Gasteiger partial charge in [0, 0.05) is 38.4 Å². The Morgan fingerprint density at radius 3 is 2.67 bits per heavy atom. The fourth-order valence-electron chi connectivity index (χ4n) is 2.99. The summed E-state index contributed by atoms with van der Waals surface area (Å²) in [6.07, 6.45) is 1.66. The third-order valence-electron chi connectivity index (χ3n) is 4.32. The Morgan fingerprint density at radius 1 is 1.22 bits per heavy atom. The van der Waals surface area contributed by atoms with Gasteiger partial charge in [-0.3, -0.25) is 19.8 Å². The summed E-state index contributed by atoms with van der Waals surface area (Å²) in [5.41, 5.74) is 0.591. The summed E-state index contributed by atoms with van der Waals surface area (Å²) < 4.78 is 0. The van der Waals surface area contributed by atoms with Gasteiger partial charge < -0.3 is 10.2 Å². The first kappa shape index (κ1) is 18.3. The third-order valence-corrected chi connectivity index (χ3v) is 4.32. The van der Waals surface area contributed by atoms with Gasteiger partial charge in [-0.2, -0.15) is 5.26 Å². The number of nitrogens with zero attached hydrogens (tertiary/aromatic N) is 5. The highest BCUT2D eigenvalue weighted by Gasteiger charge is 2.22. The van der Waals surface area contributed by atoms with Gasteiger partial charge in [0.05, 0.1) is 17.0 Å². The van der Waals surface area contributed by atoms with Crippen molar-refractivity contribution in [2.24, 2.45) is 0 Å². The summed E-state index contributed by atoms with van der Waals surface area (Å²) in [7, 11) is 0. The van der Waals surface area contributed by atoms with Gasteiger partial charge in [-0.1, -0.05) is 12.1 Å². The molecule has 0 spiro atoms. The Hall–Kier alpha value is -3.51. The topological polar surface area (TPSA) is 115 Å². The minimum atomic E-state index is -0.520. The molecule has 27 heavy (non-hydrogen) atoms. The minimum absolute atomic E-state index is 0.130. The first-order valence-electron chi connectivity index (χ1n) is 8.44. The summed E-state index contributed by atoms with van der Waals surface area (Å²) >= 11 is 0. The highest BCUT2D eigenvalue weighted by Crippen LogP contribution is 2.23. The molecule has 1 fully saturated rings. The Balaban J connectivity index is 1.56. The molecule has 9 heteroatoms. The van der Waals surface area contributed by atoms with Crippen molar-refractivity contribution in [1.29, 1.82) is 5.26 Å². The van der Waals surface area contributed by atoms with Crippen molar-refractivity contribution in [3.63, 3.8) is 0 Å². The molecule has 2 heterocycles. The van der Waals surface area contributed by atoms with E-state index in [-0.39, 0.29) is 23.8 Å². The molecule has 0 bridgehead atoms. The molecule has 0 atom stereocenters. The van der Waals surface area contributed by atoms with Gasteiger partial charge in [0.25, 0.3) is 5.69 Å². The van der Waals surface area contributed by atoms with E-state index in [4.69, 9.17) is 0 Å². The van der Waals surface area contributed by atoms with Gasteiger partial charge >= 0.3 is 0 Å². The number of nitrogens with one attached hydrogen (secondary N) is 1. The molecule has 0 radical (unpaired) electrons. The number of carbonyl (C=O) groups excluding carboxylic acids is 1. The Labute approximate surface area is 156 Å². The fraction of sp³-hybridized carbons (Fsp3) is 0.278. The Kier molecular flexibility index (Phi) is 5.58. The maximum absolute atomic E-state index is 12.3. The first-order chi connectivity index (χ1) is 13.1. The number of para-hydroxylation sites is 2. The number of aromatic nitrogens is 1. The maximum Gasteiger partial charge on any atom is 0.292 e. The molecule has 1 N–H and O–H groups in total. The number of carbonyl (C=O) groups is 1. The molecular weight excluding hydrogens is 348 g/mol. The van der Waals surface area contributed by atoms with Crippen LogP contribution < -0.4 is 10.2 Å². The van der Waals surface area contributed by atoms with Crippen molar-refractivity contribution in [3.05, 3.63) is 58.3 Å². The monoisotopic (exact) mass is 366 g/mol. The van der Waals surface area contributed by atoms with Crippen molar-refractivity contribution in [1.82, 2.24) is 9.88 Å². The fourth-order valence-corrected chi connectivity index (χ4v) is 2.99. The van der Waals surface area contributed by atoms with Crippen LogP contribution in [0.2, 0.25) is 0 Å². The molecule has 3 rings (SSSR count). The number of hydrogen-bond acceptors (Lipinski definition) is 7. The predicted molar refractivity (Wildman–Crippen MR) is 99.3 cm³/mol. The zero-order chi connectivity index (χ0) is 19.2. The number of nitro groups is 1. The molecule has 1 aromatic carbocycles. The second kappa shape index (κ2) is 8.25. The molecular formula is C18H18N6O3. The number of pyridine rings is 1. The quantitative estimate of drug-likeness (QED) is 0.631. The SMILES string of the molecule is N#Cc1cccnc1N1CCN(CC(=O)Nc2ccccc2[N+](=O)[O-])CC1. The van der Waals surface area contributed by atoms with Crippen LogP contribution in [-0.2, 0) is 4.79 Å². The van der Waals surface area contributed by atoms with Crippen LogP contribution in [0.15, 0.2) is 42.6 Å². The number of anilines is 2. The van der Waals surface area contributed by atoms with E-state index in [9.17, 15) is 20.2 Å². The second-order valence-corrected chi connectivity index (χ2v) is 6.07. The van der Waals surface area contributed by atoms with Crippen LogP contribution >= 0.6 is 0 Å². The van der Waals surface area contributed by atoms with Crippen LogP contribution in [0.5, 0.6) is 0 Å². The minimum Gasteiger partial charge on any atom is -0.353 e. The summed E-state index contributed by atoms with van der Waals surface area (Å²) in [5.74, 6) is 0.359. The molecule has 1 amide bonds. The van der Waals surface area contributed by atoms with Crippen LogP contribution in [0.25, 0.3) is 0 Å². The van der Waals surface area contributed by atoms with Crippen LogP contribution in [0.4, 0.5) is 17.2 Å². The average molecular weight is 366 g/mol. The zero-order valence-electron chi connectivity index (χ0n) is 14.5. The van der Waals surface area contributed by atoms with Gasteiger partial charge in [0.1, 0.15) is 17.6 Å². The average Bonchev–Trinajstić information content (AvgIpc) is 2.68. The molecule has 1 saturated heterocycles. The van der Waals surface area contributed by atoms with Gasteiger partial charge in [0.2, 0.25) is 5.91 Å². The zero-order valence-corrected chi connectivity index (χ0v) is 14.5. The van der Waals surface area contributed by atoms with E-state index >= 15 is 0 Å². The number of nitro benzene ring substituents is 1. The van der Waals surface area contributed by atoms with E-state index in [1.165, 1.54) is 12.1 Å². The van der Waals surface area contributed by atoms with Crippen molar-refractivity contribution in [3.8, 4) is 6.07 Å². The number of benzene rings is 1. The van der Waals surface area contributed by atoms with E-state index in [0.29, 0.717) is 37.6 Å². The molecule has 9 nitrogen and oxygen atoms in total. The molecule has 2 aromatic rings. The molecule has 1 aliphatic rings. The molecule has 0 unspecified atom stereocenters. The molecule has 0 saturated carbocycles. The van der Waals surface area contributed by atoms with Crippen LogP contribution in [-0.4, -0.2) is 53.4 Å². The summed E-state index contributed by atoms with van der Waals surface area (Å²) in [5, 5.41) is 22.8. The first-order valence-corrected chi connectivity index (χ1v) is 8.44. The normalized spacial score (nSPS) is 14.4. The smallest absolute Gasteiger partial charge is 0.292 e. The van der Waals surface area contributed by atoms with Crippen LogP contribution in [0.1, 0.15) is 5.56 Å². The van der Waals surface area contributed by atoms with Crippen LogP contribution in [0, 0.1) is 21.4 Å². The van der Waals surface area contributed by atoms with E-state index < -0.39 is 4.92 Å². The highest BCUT2D eigenvalue weighted by atomic mass is 16.6. The lowest BCUT2D eigenvalue weighted by Gasteiger charge is -2.35. The Bertz CT molecular complexity index is 887. The van der Waals surface area contributed by atoms with E-state index in [1.54, 1.807) is 30.5 Å². The maximum atomic E-state index is 12.3. The lowest BCUT2D eigenvalue weighted by Crippen LogP contribution is -2.49. The molecule has 1 aliphatic heterocycles. The van der Waals surface area contributed by atoms with Gasteiger partial charge in [-0.05, 0) is 18.2 Å². The predicted octanol–water partition coefficient (Wildman–Crippen LogP) is 1.62. The van der Waals surface area contributed by atoms with Crippen molar-refractivity contribution in [2.75, 3.05) is 42.9 Å². The van der Waals surface area contributed by atoms with Crippen molar-refractivity contribution >= 4 is 23.1 Å². The van der Waals surface area contributed by atoms with E-state index in [0.717, 1.165) is 0 Å². The van der Waals surface area contributed by atoms with E-state index in [1.807, 2.05) is 9.80 Å². The largest absolute Gasteiger partial charge is 0.353 e. The third kappa shape index (κ3) is 4.37. The summed E-state index contributed by atoms with van der Waals surface area (Å²) in [6.45, 7) is 2.69. The van der Waals surface area contributed by atoms with Gasteiger partial charge in [-0.15, -0.1) is 0 Å². The Morgan fingerprint density at radius 2 is 1.96 bits per heavy atom. The summed E-state index contributed by atoms with van der Waals surface area (Å²) in [4.78, 5) is 31.0. The van der Waals surface area contributed by atoms with Crippen LogP contribution in [0.3, 0.4) is 0 Å². The summed E-state index contributed by atoms with van der Waals surface area (Å²) in [6, 6.07) is 11.7. The lowest BCUT2D eigenvalue weighted by atomic mass is 10.2.